The van der Waals surface area contributed by atoms with Crippen LogP contribution in [0.15, 0.2) is 18.0 Å². The molecule has 1 rings (SSSR count). The number of amides is 1. The van der Waals surface area contributed by atoms with Crippen LogP contribution >= 0.6 is 11.3 Å². The molecule has 0 aliphatic heterocycles. The van der Waals surface area contributed by atoms with Crippen molar-refractivity contribution in [1.82, 2.24) is 10.3 Å². The number of rotatable bonds is 3. The molecule has 4 heteroatoms. The Labute approximate surface area is 81.5 Å². The minimum Gasteiger partial charge on any atom is -0.344 e. The zero-order valence-corrected chi connectivity index (χ0v) is 8.52. The second kappa shape index (κ2) is 4.18. The first-order chi connectivity index (χ1) is 6.13. The molecule has 1 atom stereocenters. The number of hydrogen-bond acceptors (Lipinski definition) is 3. The largest absolute Gasteiger partial charge is 0.344 e. The lowest BCUT2D eigenvalue weighted by Gasteiger charge is -2.06. The summed E-state index contributed by atoms with van der Waals surface area (Å²) in [6.45, 7) is 7.31. The van der Waals surface area contributed by atoms with Gasteiger partial charge in [-0.1, -0.05) is 6.08 Å². The van der Waals surface area contributed by atoms with Gasteiger partial charge in [-0.25, -0.2) is 4.98 Å². The Morgan fingerprint density at radius 3 is 3.00 bits per heavy atom. The van der Waals surface area contributed by atoms with E-state index in [-0.39, 0.29) is 11.9 Å². The highest BCUT2D eigenvalue weighted by atomic mass is 32.1. The van der Waals surface area contributed by atoms with Crippen molar-refractivity contribution in [3.8, 4) is 0 Å². The van der Waals surface area contributed by atoms with Crippen molar-refractivity contribution in [2.24, 2.45) is 0 Å². The molecule has 0 aliphatic rings. The SMILES string of the molecule is C=CC(C)NC(=O)c1nc(C)cs1. The van der Waals surface area contributed by atoms with Crippen molar-refractivity contribution in [3.63, 3.8) is 0 Å². The molecule has 1 aromatic rings. The van der Waals surface area contributed by atoms with Crippen molar-refractivity contribution in [3.05, 3.63) is 28.7 Å². The molecule has 0 saturated heterocycles. The lowest BCUT2D eigenvalue weighted by atomic mass is 10.3. The molecule has 1 unspecified atom stereocenters. The molecule has 70 valence electrons. The Bertz CT molecular complexity index is 319. The maximum atomic E-state index is 11.4. The van der Waals surface area contributed by atoms with Crippen LogP contribution in [-0.2, 0) is 0 Å². The van der Waals surface area contributed by atoms with Crippen molar-refractivity contribution < 1.29 is 4.79 Å². The molecule has 1 heterocycles. The second-order valence-electron chi connectivity index (χ2n) is 2.79. The second-order valence-corrected chi connectivity index (χ2v) is 3.65. The Balaban J connectivity index is 2.63. The summed E-state index contributed by atoms with van der Waals surface area (Å²) in [4.78, 5) is 15.5. The zero-order valence-electron chi connectivity index (χ0n) is 7.70. The lowest BCUT2D eigenvalue weighted by Crippen LogP contribution is -2.30. The van der Waals surface area contributed by atoms with E-state index in [1.54, 1.807) is 6.08 Å². The van der Waals surface area contributed by atoms with Crippen LogP contribution in [0.1, 0.15) is 22.4 Å². The van der Waals surface area contributed by atoms with E-state index >= 15 is 0 Å². The van der Waals surface area contributed by atoms with E-state index in [0.29, 0.717) is 5.01 Å². The molecule has 0 fully saturated rings. The van der Waals surface area contributed by atoms with Crippen LogP contribution in [0.5, 0.6) is 0 Å². The number of nitrogens with zero attached hydrogens (tertiary/aromatic N) is 1. The van der Waals surface area contributed by atoms with Crippen molar-refractivity contribution in [1.29, 1.82) is 0 Å². The van der Waals surface area contributed by atoms with Gasteiger partial charge < -0.3 is 5.32 Å². The fourth-order valence-electron chi connectivity index (χ4n) is 0.786. The number of carbonyl (C=O) groups is 1. The molecule has 1 aromatic heterocycles. The summed E-state index contributed by atoms with van der Waals surface area (Å²) in [5.41, 5.74) is 0.876. The van der Waals surface area contributed by atoms with Gasteiger partial charge in [0.2, 0.25) is 0 Å². The normalized spacial score (nSPS) is 12.2. The topological polar surface area (TPSA) is 42.0 Å². The number of nitrogens with one attached hydrogen (secondary N) is 1. The summed E-state index contributed by atoms with van der Waals surface area (Å²) >= 11 is 1.35. The number of carbonyl (C=O) groups excluding carboxylic acids is 1. The van der Waals surface area contributed by atoms with Gasteiger partial charge in [-0.2, -0.15) is 0 Å². The van der Waals surface area contributed by atoms with E-state index in [4.69, 9.17) is 0 Å². The molecule has 13 heavy (non-hydrogen) atoms. The lowest BCUT2D eigenvalue weighted by molar-refractivity contribution is 0.0946. The number of aromatic nitrogens is 1. The van der Waals surface area contributed by atoms with Crippen LogP contribution in [0.4, 0.5) is 0 Å². The van der Waals surface area contributed by atoms with Gasteiger partial charge in [0.25, 0.3) is 5.91 Å². The van der Waals surface area contributed by atoms with Crippen LogP contribution in [0.25, 0.3) is 0 Å². The van der Waals surface area contributed by atoms with Gasteiger partial charge in [0.05, 0.1) is 0 Å². The van der Waals surface area contributed by atoms with E-state index in [1.807, 2.05) is 19.2 Å². The van der Waals surface area contributed by atoms with E-state index in [9.17, 15) is 4.79 Å². The Hall–Kier alpha value is -1.16. The number of thiazole rings is 1. The Kier molecular flexibility index (Phi) is 3.19. The molecular formula is C9H12N2OS. The first kappa shape index (κ1) is 9.92. The van der Waals surface area contributed by atoms with Crippen LogP contribution < -0.4 is 5.32 Å². The number of hydrogen-bond donors (Lipinski definition) is 1. The molecule has 1 amide bonds. The van der Waals surface area contributed by atoms with Gasteiger partial charge >= 0.3 is 0 Å². The monoisotopic (exact) mass is 196 g/mol. The molecule has 3 nitrogen and oxygen atoms in total. The number of aryl methyl sites for hydroxylation is 1. The standard InChI is InChI=1S/C9H12N2OS/c1-4-6(2)10-8(12)9-11-7(3)5-13-9/h4-6H,1H2,2-3H3,(H,10,12). The third-order valence-corrected chi connectivity index (χ3v) is 2.48. The third kappa shape index (κ3) is 2.66. The average molecular weight is 196 g/mol. The van der Waals surface area contributed by atoms with Gasteiger partial charge in [0.15, 0.2) is 5.01 Å². The quantitative estimate of drug-likeness (QED) is 0.748. The first-order valence-corrected chi connectivity index (χ1v) is 4.87. The molecule has 1 N–H and O–H groups in total. The Morgan fingerprint density at radius 1 is 1.85 bits per heavy atom. The predicted molar refractivity (Wildman–Crippen MR) is 54.0 cm³/mol. The molecular weight excluding hydrogens is 184 g/mol. The molecule has 0 spiro atoms. The molecule has 0 aliphatic carbocycles. The van der Waals surface area contributed by atoms with Gasteiger partial charge in [-0.05, 0) is 13.8 Å². The highest BCUT2D eigenvalue weighted by Crippen LogP contribution is 2.08. The smallest absolute Gasteiger partial charge is 0.280 e. The van der Waals surface area contributed by atoms with E-state index in [1.165, 1.54) is 11.3 Å². The molecule has 0 aromatic carbocycles. The van der Waals surface area contributed by atoms with E-state index in [2.05, 4.69) is 16.9 Å². The van der Waals surface area contributed by atoms with Crippen molar-refractivity contribution in [2.75, 3.05) is 0 Å². The van der Waals surface area contributed by atoms with Gasteiger partial charge in [-0.3, -0.25) is 4.79 Å². The maximum absolute atomic E-state index is 11.4. The summed E-state index contributed by atoms with van der Waals surface area (Å²) in [5.74, 6) is -0.134. The van der Waals surface area contributed by atoms with Gasteiger partial charge in [0.1, 0.15) is 0 Å². The van der Waals surface area contributed by atoms with Crippen molar-refractivity contribution >= 4 is 17.2 Å². The van der Waals surface area contributed by atoms with Crippen LogP contribution in [0, 0.1) is 6.92 Å². The van der Waals surface area contributed by atoms with Crippen molar-refractivity contribution in [2.45, 2.75) is 19.9 Å². The minimum atomic E-state index is -0.134. The molecule has 0 bridgehead atoms. The van der Waals surface area contributed by atoms with Crippen LogP contribution in [0.3, 0.4) is 0 Å². The van der Waals surface area contributed by atoms with Crippen LogP contribution in [-0.4, -0.2) is 16.9 Å². The highest BCUT2D eigenvalue weighted by Gasteiger charge is 2.10. The zero-order chi connectivity index (χ0) is 9.84. The summed E-state index contributed by atoms with van der Waals surface area (Å²) in [5, 5.41) is 5.11. The summed E-state index contributed by atoms with van der Waals surface area (Å²) in [6.07, 6.45) is 1.68. The average Bonchev–Trinajstić information content (AvgIpc) is 2.51. The predicted octanol–water partition coefficient (Wildman–Crippen LogP) is 1.76. The fourth-order valence-corrected chi connectivity index (χ4v) is 1.48. The highest BCUT2D eigenvalue weighted by molar-refractivity contribution is 7.11. The van der Waals surface area contributed by atoms with Gasteiger partial charge in [0, 0.05) is 17.1 Å². The first-order valence-electron chi connectivity index (χ1n) is 3.99. The van der Waals surface area contributed by atoms with Crippen LogP contribution in [0.2, 0.25) is 0 Å². The fraction of sp³-hybridized carbons (Fsp3) is 0.333. The summed E-state index contributed by atoms with van der Waals surface area (Å²) in [7, 11) is 0. The summed E-state index contributed by atoms with van der Waals surface area (Å²) < 4.78 is 0. The third-order valence-electron chi connectivity index (χ3n) is 1.53. The minimum absolute atomic E-state index is 0.0169. The molecule has 0 saturated carbocycles. The van der Waals surface area contributed by atoms with E-state index in [0.717, 1.165) is 5.69 Å². The summed E-state index contributed by atoms with van der Waals surface area (Å²) in [6, 6.07) is -0.0169. The maximum Gasteiger partial charge on any atom is 0.280 e. The van der Waals surface area contributed by atoms with E-state index < -0.39 is 0 Å². The Morgan fingerprint density at radius 2 is 2.54 bits per heavy atom. The van der Waals surface area contributed by atoms with Gasteiger partial charge in [-0.15, -0.1) is 17.9 Å². The molecule has 0 radical (unpaired) electrons.